The van der Waals surface area contributed by atoms with Gasteiger partial charge >= 0.3 is 0 Å². The highest BCUT2D eigenvalue weighted by Crippen LogP contribution is 2.19. The van der Waals surface area contributed by atoms with Crippen molar-refractivity contribution in [2.75, 3.05) is 11.9 Å². The van der Waals surface area contributed by atoms with Gasteiger partial charge in [-0.05, 0) is 31.0 Å². The van der Waals surface area contributed by atoms with Crippen LogP contribution in [0.3, 0.4) is 0 Å². The molecule has 0 saturated carbocycles. The molecule has 2 aromatic rings. The molecule has 2 rings (SSSR count). The Balaban J connectivity index is 2.05. The molecule has 1 heterocycles. The molecule has 0 spiro atoms. The smallest absolute Gasteiger partial charge is 0.0957 e. The molecular weight excluding hydrogens is 248 g/mol. The lowest BCUT2D eigenvalue weighted by Gasteiger charge is -2.19. The van der Waals surface area contributed by atoms with E-state index in [4.69, 9.17) is 0 Å². The van der Waals surface area contributed by atoms with E-state index in [1.165, 1.54) is 11.1 Å². The maximum absolute atomic E-state index is 9.74. The fourth-order valence-corrected chi connectivity index (χ4v) is 2.09. The highest BCUT2D eigenvalue weighted by atomic mass is 16.3. The molecule has 1 N–H and O–H groups in total. The maximum atomic E-state index is 9.74. The number of benzene rings is 1. The number of nitrogens with zero attached hydrogens (tertiary/aromatic N) is 2. The second-order valence-electron chi connectivity index (χ2n) is 5.21. The number of aliphatic hydroxyl groups excluding tert-OH is 1. The molecule has 1 atom stereocenters. The number of hydrogen-bond donors (Lipinski definition) is 1. The molecule has 0 aliphatic rings. The van der Waals surface area contributed by atoms with Crippen molar-refractivity contribution in [2.45, 2.75) is 32.9 Å². The second kappa shape index (κ2) is 6.53. The van der Waals surface area contributed by atoms with Crippen LogP contribution in [0.5, 0.6) is 0 Å². The van der Waals surface area contributed by atoms with E-state index in [9.17, 15) is 5.11 Å². The number of anilines is 1. The summed E-state index contributed by atoms with van der Waals surface area (Å²) < 4.78 is 0. The summed E-state index contributed by atoms with van der Waals surface area (Å²) in [6.07, 6.45) is 2.04. The fourth-order valence-electron chi connectivity index (χ4n) is 2.09. The van der Waals surface area contributed by atoms with Crippen molar-refractivity contribution in [1.82, 2.24) is 4.98 Å². The first kappa shape index (κ1) is 14.5. The molecule has 0 aliphatic heterocycles. The van der Waals surface area contributed by atoms with Gasteiger partial charge in [0.1, 0.15) is 0 Å². The van der Waals surface area contributed by atoms with Crippen LogP contribution in [0.25, 0.3) is 0 Å². The lowest BCUT2D eigenvalue weighted by atomic mass is 10.1. The summed E-state index contributed by atoms with van der Waals surface area (Å²) in [6, 6.07) is 12.5. The Kier molecular flexibility index (Phi) is 4.74. The van der Waals surface area contributed by atoms with Crippen molar-refractivity contribution in [1.29, 1.82) is 0 Å². The Morgan fingerprint density at radius 1 is 1.15 bits per heavy atom. The Labute approximate surface area is 120 Å². The number of aromatic nitrogens is 1. The fraction of sp³-hybridized carbons (Fsp3) is 0.353. The Hall–Kier alpha value is -1.87. The van der Waals surface area contributed by atoms with Crippen LogP contribution in [0, 0.1) is 6.92 Å². The summed E-state index contributed by atoms with van der Waals surface area (Å²) in [4.78, 5) is 6.49. The van der Waals surface area contributed by atoms with Crippen molar-refractivity contribution >= 4 is 5.69 Å². The molecule has 0 amide bonds. The van der Waals surface area contributed by atoms with Gasteiger partial charge in [-0.15, -0.1) is 0 Å². The van der Waals surface area contributed by atoms with Gasteiger partial charge in [0, 0.05) is 13.6 Å². The van der Waals surface area contributed by atoms with Crippen molar-refractivity contribution in [3.05, 3.63) is 59.4 Å². The van der Waals surface area contributed by atoms with E-state index in [2.05, 4.69) is 41.1 Å². The summed E-state index contributed by atoms with van der Waals surface area (Å²) in [5, 5.41) is 9.74. The van der Waals surface area contributed by atoms with Crippen LogP contribution in [0.2, 0.25) is 0 Å². The maximum Gasteiger partial charge on any atom is 0.0957 e. The molecule has 3 nitrogen and oxygen atoms in total. The monoisotopic (exact) mass is 270 g/mol. The molecular formula is C17H22N2O. The molecule has 0 radical (unpaired) electrons. The number of hydrogen-bond acceptors (Lipinski definition) is 3. The zero-order valence-corrected chi connectivity index (χ0v) is 12.4. The zero-order valence-electron chi connectivity index (χ0n) is 12.4. The molecule has 1 aromatic carbocycles. The van der Waals surface area contributed by atoms with Gasteiger partial charge in [0.25, 0.3) is 0 Å². The van der Waals surface area contributed by atoms with E-state index < -0.39 is 6.10 Å². The standard InChI is InChI=1S/C17H22N2O/c1-4-17(20)16-10-9-15(11-18-16)19(3)12-14-7-5-13(2)6-8-14/h5-11,17,20H,4,12H2,1-3H3/t17-/m1/s1. The van der Waals surface area contributed by atoms with Crippen LogP contribution in [0.4, 0.5) is 5.69 Å². The first-order chi connectivity index (χ1) is 9.60. The van der Waals surface area contributed by atoms with Crippen molar-refractivity contribution in [3.63, 3.8) is 0 Å². The first-order valence-electron chi connectivity index (χ1n) is 7.01. The lowest BCUT2D eigenvalue weighted by molar-refractivity contribution is 0.169. The van der Waals surface area contributed by atoms with Crippen LogP contribution >= 0.6 is 0 Å². The van der Waals surface area contributed by atoms with E-state index in [1.807, 2.05) is 32.3 Å². The normalized spacial score (nSPS) is 12.2. The van der Waals surface area contributed by atoms with Gasteiger partial charge in [-0.3, -0.25) is 4.98 Å². The highest BCUT2D eigenvalue weighted by molar-refractivity contribution is 5.44. The first-order valence-corrected chi connectivity index (χ1v) is 7.01. The van der Waals surface area contributed by atoms with Gasteiger partial charge in [0.2, 0.25) is 0 Å². The van der Waals surface area contributed by atoms with Crippen molar-refractivity contribution < 1.29 is 5.11 Å². The van der Waals surface area contributed by atoms with Gasteiger partial charge in [0.15, 0.2) is 0 Å². The predicted octanol–water partition coefficient (Wildman–Crippen LogP) is 3.47. The summed E-state index contributed by atoms with van der Waals surface area (Å²) in [7, 11) is 2.05. The van der Waals surface area contributed by atoms with Crippen molar-refractivity contribution in [3.8, 4) is 0 Å². The third-order valence-corrected chi connectivity index (χ3v) is 3.48. The van der Waals surface area contributed by atoms with Crippen molar-refractivity contribution in [2.24, 2.45) is 0 Å². The average molecular weight is 270 g/mol. The van der Waals surface area contributed by atoms with E-state index >= 15 is 0 Å². The van der Waals surface area contributed by atoms with Gasteiger partial charge in [-0.1, -0.05) is 36.8 Å². The lowest BCUT2D eigenvalue weighted by Crippen LogP contribution is -2.16. The number of rotatable bonds is 5. The number of aryl methyl sites for hydroxylation is 1. The van der Waals surface area contributed by atoms with Crippen LogP contribution in [-0.4, -0.2) is 17.1 Å². The molecule has 0 saturated heterocycles. The van der Waals surface area contributed by atoms with E-state index in [0.717, 1.165) is 17.9 Å². The molecule has 20 heavy (non-hydrogen) atoms. The molecule has 0 fully saturated rings. The summed E-state index contributed by atoms with van der Waals surface area (Å²) >= 11 is 0. The molecule has 0 bridgehead atoms. The average Bonchev–Trinajstić information content (AvgIpc) is 2.49. The molecule has 0 aliphatic carbocycles. The van der Waals surface area contributed by atoms with E-state index in [1.54, 1.807) is 0 Å². The van der Waals surface area contributed by atoms with Crippen LogP contribution in [0.15, 0.2) is 42.6 Å². The minimum atomic E-state index is -0.466. The second-order valence-corrected chi connectivity index (χ2v) is 5.21. The number of aliphatic hydroxyl groups is 1. The van der Waals surface area contributed by atoms with E-state index in [-0.39, 0.29) is 0 Å². The molecule has 0 unspecified atom stereocenters. The largest absolute Gasteiger partial charge is 0.387 e. The molecule has 1 aromatic heterocycles. The zero-order chi connectivity index (χ0) is 14.5. The SMILES string of the molecule is CC[C@@H](O)c1ccc(N(C)Cc2ccc(C)cc2)cn1. The summed E-state index contributed by atoms with van der Waals surface area (Å²) in [5.41, 5.74) is 4.34. The minimum absolute atomic E-state index is 0.466. The molecule has 3 heteroatoms. The van der Waals surface area contributed by atoms with Crippen LogP contribution < -0.4 is 4.90 Å². The third-order valence-electron chi connectivity index (χ3n) is 3.48. The van der Waals surface area contributed by atoms with Gasteiger partial charge in [-0.2, -0.15) is 0 Å². The minimum Gasteiger partial charge on any atom is -0.387 e. The quantitative estimate of drug-likeness (QED) is 0.903. The van der Waals surface area contributed by atoms with Gasteiger partial charge in [0.05, 0.1) is 23.7 Å². The number of pyridine rings is 1. The predicted molar refractivity (Wildman–Crippen MR) is 82.8 cm³/mol. The van der Waals surface area contributed by atoms with Crippen LogP contribution in [0.1, 0.15) is 36.3 Å². The Morgan fingerprint density at radius 3 is 2.40 bits per heavy atom. The third kappa shape index (κ3) is 3.58. The highest BCUT2D eigenvalue weighted by Gasteiger charge is 2.07. The van der Waals surface area contributed by atoms with Crippen LogP contribution in [-0.2, 0) is 6.54 Å². The summed E-state index contributed by atoms with van der Waals surface area (Å²) in [5.74, 6) is 0. The van der Waals surface area contributed by atoms with Gasteiger partial charge < -0.3 is 10.0 Å². The van der Waals surface area contributed by atoms with E-state index in [0.29, 0.717) is 6.42 Å². The Bertz CT molecular complexity index is 534. The molecule has 106 valence electrons. The summed E-state index contributed by atoms with van der Waals surface area (Å²) in [6.45, 7) is 4.89. The Morgan fingerprint density at radius 2 is 1.85 bits per heavy atom. The van der Waals surface area contributed by atoms with Gasteiger partial charge in [-0.25, -0.2) is 0 Å². The topological polar surface area (TPSA) is 36.4 Å².